The minimum atomic E-state index is -1.06. The van der Waals surface area contributed by atoms with Crippen LogP contribution in [-0.4, -0.2) is 36.3 Å². The zero-order valence-electron chi connectivity index (χ0n) is 27.1. The molecule has 0 aliphatic carbocycles. The number of aromatic carboxylic acids is 1. The maximum Gasteiger partial charge on any atom is 0.341 e. The van der Waals surface area contributed by atoms with Gasteiger partial charge in [0.15, 0.2) is 5.54 Å². The second-order valence-electron chi connectivity index (χ2n) is 11.8. The molecule has 49 heavy (non-hydrogen) atoms. The van der Waals surface area contributed by atoms with Gasteiger partial charge in [-0.15, -0.1) is 15.0 Å². The summed E-state index contributed by atoms with van der Waals surface area (Å²) in [6.07, 6.45) is 0. The number of hydrogen-bond donors (Lipinski definition) is 1. The highest BCUT2D eigenvalue weighted by Gasteiger charge is 2.41. The molecule has 8 nitrogen and oxygen atoms in total. The predicted octanol–water partition coefficient (Wildman–Crippen LogP) is 8.14. The fourth-order valence-corrected chi connectivity index (χ4v) is 6.39. The van der Waals surface area contributed by atoms with Crippen molar-refractivity contribution in [1.29, 1.82) is 0 Å². The monoisotopic (exact) mass is 643 g/mol. The van der Waals surface area contributed by atoms with Crippen LogP contribution in [-0.2, 0) is 12.1 Å². The lowest BCUT2D eigenvalue weighted by Gasteiger charge is -2.34. The van der Waals surface area contributed by atoms with Crippen LogP contribution in [0.15, 0.2) is 146 Å². The quantitative estimate of drug-likeness (QED) is 0.150. The van der Waals surface area contributed by atoms with Gasteiger partial charge in [0, 0.05) is 17.3 Å². The van der Waals surface area contributed by atoms with Gasteiger partial charge in [0.25, 0.3) is 0 Å². The normalized spacial score (nSPS) is 11.3. The van der Waals surface area contributed by atoms with Gasteiger partial charge in [0.1, 0.15) is 17.9 Å². The van der Waals surface area contributed by atoms with Crippen molar-refractivity contribution in [1.82, 2.24) is 25.2 Å². The van der Waals surface area contributed by atoms with Crippen LogP contribution in [0.2, 0.25) is 0 Å². The topological polar surface area (TPSA) is 103 Å². The van der Waals surface area contributed by atoms with Gasteiger partial charge in [0.2, 0.25) is 5.82 Å². The van der Waals surface area contributed by atoms with E-state index >= 15 is 0 Å². The maximum atomic E-state index is 11.9. The molecule has 0 aliphatic heterocycles. The SMILES string of the molecule is Cc1cc(OCc2ccc(-c3ccccc3-c3nnn(C(c4ccccc4)(c4ccccc4)c4ccccc4)n3)cc2)c(C(=O)O)c(C)n1. The number of ether oxygens (including phenoxy) is 1. The Morgan fingerprint density at radius 2 is 1.24 bits per heavy atom. The summed E-state index contributed by atoms with van der Waals surface area (Å²) in [5.74, 6) is -0.260. The lowest BCUT2D eigenvalue weighted by molar-refractivity contribution is 0.0690. The lowest BCUT2D eigenvalue weighted by Crippen LogP contribution is -2.39. The number of pyridine rings is 1. The van der Waals surface area contributed by atoms with Crippen LogP contribution in [0.3, 0.4) is 0 Å². The van der Waals surface area contributed by atoms with Gasteiger partial charge in [-0.25, -0.2) is 4.79 Å². The third kappa shape index (κ3) is 5.96. The molecule has 0 spiro atoms. The molecule has 0 saturated heterocycles. The second kappa shape index (κ2) is 13.4. The lowest BCUT2D eigenvalue weighted by atomic mass is 9.77. The zero-order valence-corrected chi connectivity index (χ0v) is 27.1. The predicted molar refractivity (Wildman–Crippen MR) is 188 cm³/mol. The van der Waals surface area contributed by atoms with E-state index in [4.69, 9.17) is 15.0 Å². The second-order valence-corrected chi connectivity index (χ2v) is 11.8. The molecule has 2 heterocycles. The molecule has 0 amide bonds. The molecule has 0 aliphatic rings. The molecule has 0 unspecified atom stereocenters. The summed E-state index contributed by atoms with van der Waals surface area (Å²) >= 11 is 0. The molecule has 7 aromatic rings. The third-order valence-corrected chi connectivity index (χ3v) is 8.62. The van der Waals surface area contributed by atoms with Crippen molar-refractivity contribution >= 4 is 5.97 Å². The molecule has 1 N–H and O–H groups in total. The van der Waals surface area contributed by atoms with Gasteiger partial charge in [-0.05, 0) is 52.4 Å². The molecule has 0 radical (unpaired) electrons. The van der Waals surface area contributed by atoms with E-state index in [-0.39, 0.29) is 12.2 Å². The number of tetrazole rings is 1. The fourth-order valence-electron chi connectivity index (χ4n) is 6.39. The third-order valence-electron chi connectivity index (χ3n) is 8.62. The van der Waals surface area contributed by atoms with E-state index in [1.165, 1.54) is 0 Å². The molecular weight excluding hydrogens is 610 g/mol. The van der Waals surface area contributed by atoms with Crippen molar-refractivity contribution in [3.63, 3.8) is 0 Å². The van der Waals surface area contributed by atoms with Crippen LogP contribution in [0.5, 0.6) is 5.75 Å². The van der Waals surface area contributed by atoms with Crippen molar-refractivity contribution in [2.24, 2.45) is 0 Å². The van der Waals surface area contributed by atoms with Gasteiger partial charge < -0.3 is 9.84 Å². The number of aryl methyl sites for hydroxylation is 2. The summed E-state index contributed by atoms with van der Waals surface area (Å²) in [6.45, 7) is 3.70. The number of carboxylic acids is 1. The summed E-state index contributed by atoms with van der Waals surface area (Å²) in [5, 5.41) is 24.2. The first-order valence-electron chi connectivity index (χ1n) is 16.0. The molecule has 240 valence electrons. The van der Waals surface area contributed by atoms with Gasteiger partial charge in [0.05, 0.1) is 5.69 Å². The van der Waals surface area contributed by atoms with E-state index in [1.807, 2.05) is 110 Å². The molecule has 0 fully saturated rings. The highest BCUT2D eigenvalue weighted by atomic mass is 16.5. The molecule has 5 aromatic carbocycles. The van der Waals surface area contributed by atoms with Crippen LogP contribution >= 0.6 is 0 Å². The highest BCUT2D eigenvalue weighted by molar-refractivity contribution is 5.92. The first-order chi connectivity index (χ1) is 23.9. The first kappa shape index (κ1) is 31.2. The Morgan fingerprint density at radius 1 is 0.714 bits per heavy atom. The van der Waals surface area contributed by atoms with Crippen LogP contribution in [0, 0.1) is 13.8 Å². The van der Waals surface area contributed by atoms with E-state index in [9.17, 15) is 9.90 Å². The zero-order chi connectivity index (χ0) is 33.8. The number of carboxylic acid groups (broad SMARTS) is 1. The first-order valence-corrected chi connectivity index (χ1v) is 16.0. The van der Waals surface area contributed by atoms with Crippen molar-refractivity contribution < 1.29 is 14.6 Å². The Labute approximate surface area is 284 Å². The van der Waals surface area contributed by atoms with Gasteiger partial charge in [-0.3, -0.25) is 4.98 Å². The minimum absolute atomic E-state index is 0.0764. The smallest absolute Gasteiger partial charge is 0.341 e. The van der Waals surface area contributed by atoms with Crippen LogP contribution < -0.4 is 4.74 Å². The Morgan fingerprint density at radius 3 is 1.80 bits per heavy atom. The standard InChI is InChI=1S/C41H33N5O3/c1-28-26-37(38(40(47)48)29(2)42-28)49-27-30-22-24-31(25-23-30)35-20-12-13-21-36(35)39-43-45-46(44-39)41(32-14-6-3-7-15-32,33-16-8-4-9-17-33)34-18-10-5-11-19-34/h3-26H,27H2,1-2H3,(H,47,48). The number of benzene rings is 5. The van der Waals surface area contributed by atoms with E-state index in [1.54, 1.807) is 17.8 Å². The van der Waals surface area contributed by atoms with E-state index < -0.39 is 11.5 Å². The maximum absolute atomic E-state index is 11.9. The van der Waals surface area contributed by atoms with Gasteiger partial charge >= 0.3 is 5.97 Å². The number of aromatic nitrogens is 5. The van der Waals surface area contributed by atoms with Crippen molar-refractivity contribution in [3.05, 3.63) is 185 Å². The summed E-state index contributed by atoms with van der Waals surface area (Å²) in [4.78, 5) is 17.9. The summed E-state index contributed by atoms with van der Waals surface area (Å²) in [6, 6.07) is 48.4. The van der Waals surface area contributed by atoms with Gasteiger partial charge in [-0.2, -0.15) is 0 Å². The van der Waals surface area contributed by atoms with Crippen LogP contribution in [0.1, 0.15) is 44.0 Å². The Balaban J connectivity index is 1.25. The van der Waals surface area contributed by atoms with Crippen molar-refractivity contribution in [3.8, 4) is 28.3 Å². The highest BCUT2D eigenvalue weighted by Crippen LogP contribution is 2.40. The minimum Gasteiger partial charge on any atom is -0.488 e. The fraction of sp³-hybridized carbons (Fsp3) is 0.0976. The molecule has 0 bridgehead atoms. The molecule has 0 saturated carbocycles. The van der Waals surface area contributed by atoms with Crippen LogP contribution in [0.4, 0.5) is 0 Å². The molecular formula is C41H33N5O3. The Kier molecular flexibility index (Phi) is 8.51. The summed E-state index contributed by atoms with van der Waals surface area (Å²) in [7, 11) is 0. The Bertz CT molecular complexity index is 2120. The molecule has 0 atom stereocenters. The van der Waals surface area contributed by atoms with E-state index in [0.717, 1.165) is 38.9 Å². The average molecular weight is 644 g/mol. The van der Waals surface area contributed by atoms with Crippen molar-refractivity contribution in [2.75, 3.05) is 0 Å². The van der Waals surface area contributed by atoms with Crippen molar-refractivity contribution in [2.45, 2.75) is 26.0 Å². The number of hydrogen-bond acceptors (Lipinski definition) is 6. The summed E-state index contributed by atoms with van der Waals surface area (Å²) < 4.78 is 5.98. The van der Waals surface area contributed by atoms with Gasteiger partial charge in [-0.1, -0.05) is 140 Å². The number of carbonyl (C=O) groups is 1. The van der Waals surface area contributed by atoms with E-state index in [2.05, 4.69) is 46.5 Å². The van der Waals surface area contributed by atoms with E-state index in [0.29, 0.717) is 23.0 Å². The average Bonchev–Trinajstić information content (AvgIpc) is 3.63. The number of nitrogens with zero attached hydrogens (tertiary/aromatic N) is 5. The van der Waals surface area contributed by atoms with Crippen LogP contribution in [0.25, 0.3) is 22.5 Å². The molecule has 2 aromatic heterocycles. The summed E-state index contributed by atoms with van der Waals surface area (Å²) in [5.41, 5.74) is 7.01. The molecule has 8 heteroatoms. The number of rotatable bonds is 10. The molecule has 7 rings (SSSR count). The largest absolute Gasteiger partial charge is 0.488 e. The Hall–Kier alpha value is -6.41.